The molecule has 4 rings (SSSR count). The van der Waals surface area contributed by atoms with Crippen LogP contribution >= 0.6 is 0 Å². The third-order valence-corrected chi connectivity index (χ3v) is 4.88. The monoisotopic (exact) mass is 405 g/mol. The van der Waals surface area contributed by atoms with E-state index in [4.69, 9.17) is 0 Å². The normalized spacial score (nSPS) is 11.0. The van der Waals surface area contributed by atoms with Crippen molar-refractivity contribution in [1.29, 1.82) is 0 Å². The van der Waals surface area contributed by atoms with Crippen LogP contribution in [0.15, 0.2) is 71.9 Å². The predicted octanol–water partition coefficient (Wildman–Crippen LogP) is 2.77. The van der Waals surface area contributed by atoms with Crippen molar-refractivity contribution in [3.63, 3.8) is 0 Å². The Bertz CT molecular complexity index is 1230. The van der Waals surface area contributed by atoms with Crippen LogP contribution in [0.25, 0.3) is 16.7 Å². The van der Waals surface area contributed by atoms with Crippen molar-refractivity contribution in [2.24, 2.45) is 0 Å². The number of nitrogens with zero attached hydrogens (tertiary/aromatic N) is 5. The van der Waals surface area contributed by atoms with E-state index in [2.05, 4.69) is 10.1 Å². The summed E-state index contributed by atoms with van der Waals surface area (Å²) in [5.41, 5.74) is 1.76. The molecule has 0 unspecified atom stereocenters. The van der Waals surface area contributed by atoms with Crippen molar-refractivity contribution in [3.05, 3.63) is 88.9 Å². The largest absolute Gasteiger partial charge is 0.341 e. The van der Waals surface area contributed by atoms with E-state index in [9.17, 15) is 14.0 Å². The molecule has 0 spiro atoms. The van der Waals surface area contributed by atoms with Crippen LogP contribution in [0.3, 0.4) is 0 Å². The molecule has 7 nitrogen and oxygen atoms in total. The maximum atomic E-state index is 13.2. The fraction of sp³-hybridized carbons (Fsp3) is 0.182. The number of benzene rings is 2. The number of halogens is 1. The summed E-state index contributed by atoms with van der Waals surface area (Å²) in [6.45, 7) is 0.734. The summed E-state index contributed by atoms with van der Waals surface area (Å²) < 4.78 is 16.1. The number of aromatic nitrogens is 4. The van der Waals surface area contributed by atoms with Crippen LogP contribution < -0.4 is 5.56 Å². The van der Waals surface area contributed by atoms with Crippen molar-refractivity contribution in [1.82, 2.24) is 24.2 Å². The third-order valence-electron chi connectivity index (χ3n) is 4.88. The quantitative estimate of drug-likeness (QED) is 0.495. The van der Waals surface area contributed by atoms with Gasteiger partial charge in [-0.1, -0.05) is 30.3 Å². The van der Waals surface area contributed by atoms with Gasteiger partial charge >= 0.3 is 0 Å². The summed E-state index contributed by atoms with van der Waals surface area (Å²) in [5, 5.41) is 4.55. The zero-order valence-corrected chi connectivity index (χ0v) is 16.4. The molecule has 2 aromatic heterocycles. The molecule has 0 saturated heterocycles. The second kappa shape index (κ2) is 8.28. The van der Waals surface area contributed by atoms with E-state index in [0.29, 0.717) is 23.3 Å². The maximum absolute atomic E-state index is 13.2. The van der Waals surface area contributed by atoms with Gasteiger partial charge in [0.1, 0.15) is 11.2 Å². The molecular weight excluding hydrogens is 385 g/mol. The van der Waals surface area contributed by atoms with Gasteiger partial charge in [-0.3, -0.25) is 14.2 Å². The van der Waals surface area contributed by atoms with Gasteiger partial charge in [-0.2, -0.15) is 5.10 Å². The van der Waals surface area contributed by atoms with Gasteiger partial charge in [0.15, 0.2) is 5.65 Å². The van der Waals surface area contributed by atoms with Crippen LogP contribution in [-0.4, -0.2) is 37.2 Å². The molecule has 2 heterocycles. The van der Waals surface area contributed by atoms with Crippen molar-refractivity contribution in [2.75, 3.05) is 7.05 Å². The van der Waals surface area contributed by atoms with E-state index in [1.165, 1.54) is 33.9 Å². The molecule has 0 N–H and O–H groups in total. The lowest BCUT2D eigenvalue weighted by molar-refractivity contribution is -0.130. The Balaban J connectivity index is 1.48. The average Bonchev–Trinajstić information content (AvgIpc) is 3.19. The lowest BCUT2D eigenvalue weighted by atomic mass is 10.2. The molecule has 152 valence electrons. The van der Waals surface area contributed by atoms with E-state index < -0.39 is 0 Å². The Morgan fingerprint density at radius 3 is 2.57 bits per heavy atom. The first-order chi connectivity index (χ1) is 14.5. The number of rotatable bonds is 6. The van der Waals surface area contributed by atoms with E-state index in [-0.39, 0.29) is 30.2 Å². The molecule has 0 aliphatic rings. The topological polar surface area (TPSA) is 73.0 Å². The lowest BCUT2D eigenvalue weighted by Crippen LogP contribution is -2.29. The Morgan fingerprint density at radius 1 is 1.10 bits per heavy atom. The first-order valence-corrected chi connectivity index (χ1v) is 9.50. The van der Waals surface area contributed by atoms with Crippen molar-refractivity contribution < 1.29 is 9.18 Å². The highest BCUT2D eigenvalue weighted by molar-refractivity contribution is 5.76. The minimum absolute atomic E-state index is 0.0622. The third kappa shape index (κ3) is 3.98. The van der Waals surface area contributed by atoms with Crippen LogP contribution in [0, 0.1) is 5.82 Å². The Kier molecular flexibility index (Phi) is 5.38. The van der Waals surface area contributed by atoms with Gasteiger partial charge in [0.05, 0.1) is 18.2 Å². The average molecular weight is 405 g/mol. The van der Waals surface area contributed by atoms with E-state index in [1.807, 2.05) is 30.3 Å². The van der Waals surface area contributed by atoms with Crippen LogP contribution in [0.5, 0.6) is 0 Å². The maximum Gasteiger partial charge on any atom is 0.264 e. The molecule has 4 aromatic rings. The number of fused-ring (bicyclic) bond motifs is 1. The highest BCUT2D eigenvalue weighted by Gasteiger charge is 2.14. The van der Waals surface area contributed by atoms with E-state index in [1.54, 1.807) is 24.1 Å². The molecule has 0 atom stereocenters. The van der Waals surface area contributed by atoms with Crippen LogP contribution in [0.1, 0.15) is 12.0 Å². The summed E-state index contributed by atoms with van der Waals surface area (Å²) >= 11 is 0. The zero-order chi connectivity index (χ0) is 21.1. The summed E-state index contributed by atoms with van der Waals surface area (Å²) in [7, 11) is 1.74. The standard InChI is InChI=1S/C22H20FN5O2/c1-26(14-16-5-3-2-4-6-16)20(29)11-12-27-15-24-21-19(22(27)30)13-25-28(21)18-9-7-17(23)8-10-18/h2-10,13,15H,11-12,14H2,1H3. The molecule has 1 amide bonds. The van der Waals surface area contributed by atoms with Crippen molar-refractivity contribution in [2.45, 2.75) is 19.5 Å². The Morgan fingerprint density at radius 2 is 1.83 bits per heavy atom. The van der Waals surface area contributed by atoms with Crippen LogP contribution in [0.4, 0.5) is 4.39 Å². The number of hydrogen-bond acceptors (Lipinski definition) is 4. The number of carbonyl (C=O) groups is 1. The predicted molar refractivity (Wildman–Crippen MR) is 111 cm³/mol. The van der Waals surface area contributed by atoms with Gasteiger partial charge in [0.2, 0.25) is 5.91 Å². The van der Waals surface area contributed by atoms with Gasteiger partial charge < -0.3 is 4.90 Å². The fourth-order valence-electron chi connectivity index (χ4n) is 3.23. The van der Waals surface area contributed by atoms with Gasteiger partial charge in [-0.15, -0.1) is 0 Å². The van der Waals surface area contributed by atoms with Gasteiger partial charge in [-0.05, 0) is 29.8 Å². The smallest absolute Gasteiger partial charge is 0.264 e. The Hall–Kier alpha value is -3.81. The molecule has 0 saturated carbocycles. The molecule has 8 heteroatoms. The summed E-state index contributed by atoms with van der Waals surface area (Å²) in [5.74, 6) is -0.416. The van der Waals surface area contributed by atoms with Gasteiger partial charge in [-0.25, -0.2) is 14.1 Å². The van der Waals surface area contributed by atoms with Crippen LogP contribution in [0.2, 0.25) is 0 Å². The molecule has 0 radical (unpaired) electrons. The van der Waals surface area contributed by atoms with Crippen molar-refractivity contribution >= 4 is 16.9 Å². The molecule has 0 bridgehead atoms. The highest BCUT2D eigenvalue weighted by Crippen LogP contribution is 2.14. The van der Waals surface area contributed by atoms with Crippen molar-refractivity contribution in [3.8, 4) is 5.69 Å². The molecule has 2 aromatic carbocycles. The molecule has 0 aliphatic heterocycles. The lowest BCUT2D eigenvalue weighted by Gasteiger charge is -2.17. The van der Waals surface area contributed by atoms with E-state index >= 15 is 0 Å². The first kappa shape index (κ1) is 19.5. The molecule has 30 heavy (non-hydrogen) atoms. The highest BCUT2D eigenvalue weighted by atomic mass is 19.1. The molecule has 0 fully saturated rings. The summed E-state index contributed by atoms with van der Waals surface area (Å²) in [4.78, 5) is 31.2. The van der Waals surface area contributed by atoms with Gasteiger partial charge in [0.25, 0.3) is 5.56 Å². The van der Waals surface area contributed by atoms with E-state index in [0.717, 1.165) is 5.56 Å². The van der Waals surface area contributed by atoms with Gasteiger partial charge in [0, 0.05) is 26.6 Å². The second-order valence-corrected chi connectivity index (χ2v) is 7.00. The zero-order valence-electron chi connectivity index (χ0n) is 16.4. The minimum atomic E-state index is -0.354. The SMILES string of the molecule is CN(Cc1ccccc1)C(=O)CCn1cnc2c(cnn2-c2ccc(F)cc2)c1=O. The number of amides is 1. The number of aryl methyl sites for hydroxylation is 1. The second-order valence-electron chi connectivity index (χ2n) is 7.00. The molecular formula is C22H20FN5O2. The summed E-state index contributed by atoms with van der Waals surface area (Å²) in [6, 6.07) is 15.5. The van der Waals surface area contributed by atoms with Crippen LogP contribution in [-0.2, 0) is 17.9 Å². The molecule has 0 aliphatic carbocycles. The number of carbonyl (C=O) groups excluding carboxylic acids is 1. The summed E-state index contributed by atoms with van der Waals surface area (Å²) in [6.07, 6.45) is 3.03. The number of hydrogen-bond donors (Lipinski definition) is 0. The first-order valence-electron chi connectivity index (χ1n) is 9.50. The Labute approximate surface area is 172 Å². The minimum Gasteiger partial charge on any atom is -0.341 e. The fourth-order valence-corrected chi connectivity index (χ4v) is 3.23.